The molecule has 0 aromatic heterocycles. The van der Waals surface area contributed by atoms with E-state index in [9.17, 15) is 4.39 Å². The number of rotatable bonds is 2. The van der Waals surface area contributed by atoms with Crippen molar-refractivity contribution >= 4 is 18.7 Å². The fourth-order valence-electron chi connectivity index (χ4n) is 1.99. The van der Waals surface area contributed by atoms with E-state index in [-0.39, 0.29) is 10.9 Å². The lowest BCUT2D eigenvalue weighted by atomic mass is 9.68. The summed E-state index contributed by atoms with van der Waals surface area (Å²) in [5.74, 6) is -0.453. The lowest BCUT2D eigenvalue weighted by molar-refractivity contribution is -0.0938. The second kappa shape index (κ2) is 4.76. The molecule has 1 heterocycles. The summed E-state index contributed by atoms with van der Waals surface area (Å²) in [4.78, 5) is 0. The molecule has 1 aromatic carbocycles. The molecule has 102 valence electrons. The summed E-state index contributed by atoms with van der Waals surface area (Å²) in [5.41, 5.74) is 0.0126. The second-order valence-corrected chi connectivity index (χ2v) is 6.04. The average Bonchev–Trinajstić information content (AvgIpc) is 2.33. The lowest BCUT2D eigenvalue weighted by Crippen LogP contribution is -2.59. The fraction of sp³-hybridized carbons (Fsp3) is 0.467. The third-order valence-corrected chi connectivity index (χ3v) is 4.10. The van der Waals surface area contributed by atoms with Gasteiger partial charge in [-0.25, -0.2) is 4.39 Å². The highest BCUT2D eigenvalue weighted by atomic mass is 19.1. The highest BCUT2D eigenvalue weighted by Crippen LogP contribution is 2.38. The number of benzene rings is 1. The second-order valence-electron chi connectivity index (χ2n) is 6.04. The number of hydrogen-bond acceptors (Lipinski definition) is 2. The largest absolute Gasteiger partial charge is 0.497 e. The van der Waals surface area contributed by atoms with Crippen LogP contribution in [0.3, 0.4) is 0 Å². The molecule has 19 heavy (non-hydrogen) atoms. The smallest absolute Gasteiger partial charge is 0.407 e. The zero-order valence-corrected chi connectivity index (χ0v) is 11.8. The first kappa shape index (κ1) is 11.7. The zero-order chi connectivity index (χ0) is 15.8. The van der Waals surface area contributed by atoms with Gasteiger partial charge in [0.2, 0.25) is 0 Å². The molecule has 0 unspecified atom stereocenters. The maximum Gasteiger partial charge on any atom is 0.497 e. The molecule has 0 atom stereocenters. The highest BCUT2D eigenvalue weighted by molar-refractivity contribution is 6.62. The van der Waals surface area contributed by atoms with Gasteiger partial charge < -0.3 is 9.31 Å². The van der Waals surface area contributed by atoms with Gasteiger partial charge in [0.25, 0.3) is 0 Å². The van der Waals surface area contributed by atoms with Crippen molar-refractivity contribution in [1.29, 1.82) is 0 Å². The Kier molecular flexibility index (Phi) is 2.93. The predicted molar refractivity (Wildman–Crippen MR) is 76.8 cm³/mol. The molecule has 1 aromatic rings. The van der Waals surface area contributed by atoms with Gasteiger partial charge in [-0.3, -0.25) is 0 Å². The van der Waals surface area contributed by atoms with E-state index >= 15 is 0 Å². The molecular formula is C15H20BFO2. The fourth-order valence-corrected chi connectivity index (χ4v) is 1.99. The van der Waals surface area contributed by atoms with Gasteiger partial charge in [-0.2, -0.15) is 0 Å². The van der Waals surface area contributed by atoms with Gasteiger partial charge in [-0.05, 0) is 25.5 Å². The topological polar surface area (TPSA) is 18.5 Å². The van der Waals surface area contributed by atoms with Crippen LogP contribution in [-0.2, 0) is 9.31 Å². The van der Waals surface area contributed by atoms with Crippen LogP contribution in [0.25, 0.3) is 6.08 Å². The van der Waals surface area contributed by atoms with Crippen molar-refractivity contribution in [2.75, 3.05) is 6.61 Å². The Labute approximate surface area is 117 Å². The molecule has 0 amide bonds. The zero-order valence-electron chi connectivity index (χ0n) is 13.8. The van der Waals surface area contributed by atoms with E-state index in [4.69, 9.17) is 12.1 Å². The summed E-state index contributed by atoms with van der Waals surface area (Å²) >= 11 is 0. The molecule has 0 bridgehead atoms. The Morgan fingerprint density at radius 1 is 1.42 bits per heavy atom. The van der Waals surface area contributed by atoms with E-state index in [1.807, 2.05) is 27.7 Å². The Balaban J connectivity index is 2.42. The quantitative estimate of drug-likeness (QED) is 0.764. The number of halogens is 1. The third kappa shape index (κ3) is 2.47. The van der Waals surface area contributed by atoms with Crippen LogP contribution in [0.2, 0.25) is 0 Å². The van der Waals surface area contributed by atoms with Gasteiger partial charge in [0.05, 0.1) is 8.34 Å². The summed E-state index contributed by atoms with van der Waals surface area (Å²) in [7, 11) is -0.833. The van der Waals surface area contributed by atoms with Crippen molar-refractivity contribution < 1.29 is 16.4 Å². The SMILES string of the molecule is [2H]C([2H])=Cc1cccc(F)c1B1OCC(C)(C)C(C)(C)O1. The van der Waals surface area contributed by atoms with Crippen molar-refractivity contribution in [2.24, 2.45) is 5.41 Å². The van der Waals surface area contributed by atoms with Crippen molar-refractivity contribution in [2.45, 2.75) is 33.3 Å². The van der Waals surface area contributed by atoms with Crippen LogP contribution in [0, 0.1) is 11.2 Å². The summed E-state index contributed by atoms with van der Waals surface area (Å²) < 4.78 is 40.4. The van der Waals surface area contributed by atoms with Crippen LogP contribution in [0.4, 0.5) is 4.39 Å². The van der Waals surface area contributed by atoms with Crippen LogP contribution < -0.4 is 5.46 Å². The van der Waals surface area contributed by atoms with Gasteiger partial charge >= 0.3 is 7.12 Å². The molecule has 1 aliphatic rings. The molecule has 0 saturated carbocycles. The minimum Gasteiger partial charge on any atom is -0.407 e. The molecule has 2 rings (SSSR count). The van der Waals surface area contributed by atoms with Gasteiger partial charge in [0.1, 0.15) is 5.82 Å². The van der Waals surface area contributed by atoms with Gasteiger partial charge in [0, 0.05) is 17.5 Å². The first-order valence-electron chi connectivity index (χ1n) is 7.37. The van der Waals surface area contributed by atoms with Crippen molar-refractivity contribution in [3.05, 3.63) is 36.1 Å². The molecule has 1 fully saturated rings. The van der Waals surface area contributed by atoms with Crippen molar-refractivity contribution in [3.8, 4) is 0 Å². The third-order valence-electron chi connectivity index (χ3n) is 4.10. The van der Waals surface area contributed by atoms with E-state index in [1.54, 1.807) is 12.1 Å². The maximum absolute atomic E-state index is 14.2. The monoisotopic (exact) mass is 264 g/mol. The van der Waals surface area contributed by atoms with Gasteiger partial charge in [0.15, 0.2) is 0 Å². The first-order valence-corrected chi connectivity index (χ1v) is 6.37. The Morgan fingerprint density at radius 3 is 2.79 bits per heavy atom. The van der Waals surface area contributed by atoms with Crippen LogP contribution in [0.15, 0.2) is 24.7 Å². The van der Waals surface area contributed by atoms with E-state index in [2.05, 4.69) is 0 Å². The van der Waals surface area contributed by atoms with E-state index < -0.39 is 25.1 Å². The number of hydrogen-bond donors (Lipinski definition) is 0. The first-order chi connectivity index (χ1) is 9.64. The molecule has 0 aliphatic carbocycles. The average molecular weight is 264 g/mol. The summed E-state index contributed by atoms with van der Waals surface area (Å²) in [6.07, 6.45) is 1.29. The summed E-state index contributed by atoms with van der Waals surface area (Å²) in [6.45, 7) is 8.04. The van der Waals surface area contributed by atoms with E-state index in [0.717, 1.165) is 0 Å². The van der Waals surface area contributed by atoms with Crippen LogP contribution >= 0.6 is 0 Å². The Hall–Kier alpha value is -1.13. The summed E-state index contributed by atoms with van der Waals surface area (Å²) in [6, 6.07) is 4.53. The van der Waals surface area contributed by atoms with Crippen molar-refractivity contribution in [3.63, 3.8) is 0 Å². The lowest BCUT2D eigenvalue weighted by Gasteiger charge is -2.47. The molecular weight excluding hydrogens is 242 g/mol. The Morgan fingerprint density at radius 2 is 2.16 bits per heavy atom. The van der Waals surface area contributed by atoms with E-state index in [0.29, 0.717) is 12.2 Å². The minimum atomic E-state index is -0.833. The molecule has 0 radical (unpaired) electrons. The maximum atomic E-state index is 14.2. The Bertz CT molecular complexity index is 569. The molecule has 2 nitrogen and oxygen atoms in total. The molecule has 0 spiro atoms. The molecule has 1 aliphatic heterocycles. The van der Waals surface area contributed by atoms with E-state index in [1.165, 1.54) is 12.1 Å². The predicted octanol–water partition coefficient (Wildman–Crippen LogP) is 3.02. The van der Waals surface area contributed by atoms with Crippen molar-refractivity contribution in [1.82, 2.24) is 0 Å². The van der Waals surface area contributed by atoms with Crippen LogP contribution in [0.5, 0.6) is 0 Å². The normalized spacial score (nSPS) is 22.5. The highest BCUT2D eigenvalue weighted by Gasteiger charge is 2.48. The standard InChI is InChI=1S/C15H20BFO2/c1-6-11-8-7-9-12(17)13(11)16-18-10-14(2,3)15(4,5)19-16/h6-9H,1,10H2,2-5H3/i1D2. The van der Waals surface area contributed by atoms with Gasteiger partial charge in [-0.1, -0.05) is 38.6 Å². The van der Waals surface area contributed by atoms with Crippen LogP contribution in [-0.4, -0.2) is 19.3 Å². The minimum absolute atomic E-state index is 0.194. The van der Waals surface area contributed by atoms with Crippen LogP contribution in [0.1, 0.15) is 36.0 Å². The van der Waals surface area contributed by atoms with Gasteiger partial charge in [-0.15, -0.1) is 0 Å². The molecule has 4 heteroatoms. The molecule has 1 saturated heterocycles. The molecule has 0 N–H and O–H groups in total. The summed E-state index contributed by atoms with van der Waals surface area (Å²) in [5, 5.41) is 0.